The molecule has 2 aromatic rings. The number of ether oxygens (including phenoxy) is 1. The molecule has 0 aliphatic carbocycles. The minimum Gasteiger partial charge on any atom is -0.494 e. The van der Waals surface area contributed by atoms with Gasteiger partial charge >= 0.3 is 0 Å². The first-order chi connectivity index (χ1) is 15.5. The van der Waals surface area contributed by atoms with Crippen molar-refractivity contribution in [3.63, 3.8) is 0 Å². The van der Waals surface area contributed by atoms with Crippen LogP contribution in [-0.4, -0.2) is 77.5 Å². The van der Waals surface area contributed by atoms with Gasteiger partial charge in [0, 0.05) is 63.7 Å². The summed E-state index contributed by atoms with van der Waals surface area (Å²) in [6, 6.07) is 9.92. The van der Waals surface area contributed by atoms with Gasteiger partial charge in [-0.15, -0.1) is 0 Å². The highest BCUT2D eigenvalue weighted by molar-refractivity contribution is 5.80. The third-order valence-corrected chi connectivity index (χ3v) is 6.32. The van der Waals surface area contributed by atoms with Gasteiger partial charge in [-0.05, 0) is 44.0 Å². The van der Waals surface area contributed by atoms with E-state index in [2.05, 4.69) is 14.9 Å². The lowest BCUT2D eigenvalue weighted by Gasteiger charge is -2.38. The van der Waals surface area contributed by atoms with E-state index in [1.54, 1.807) is 13.3 Å². The van der Waals surface area contributed by atoms with Gasteiger partial charge in [-0.3, -0.25) is 9.59 Å². The van der Waals surface area contributed by atoms with Gasteiger partial charge in [0.15, 0.2) is 0 Å². The molecule has 8 heteroatoms. The maximum Gasteiger partial charge on any atom is 0.225 e. The highest BCUT2D eigenvalue weighted by Crippen LogP contribution is 2.25. The van der Waals surface area contributed by atoms with Crippen LogP contribution in [0.25, 0.3) is 11.3 Å². The van der Waals surface area contributed by atoms with Crippen LogP contribution in [0.4, 0.5) is 5.82 Å². The Morgan fingerprint density at radius 2 is 1.66 bits per heavy atom. The number of anilines is 1. The van der Waals surface area contributed by atoms with Crippen molar-refractivity contribution < 1.29 is 14.3 Å². The zero-order valence-electron chi connectivity index (χ0n) is 18.9. The van der Waals surface area contributed by atoms with E-state index < -0.39 is 0 Å². The van der Waals surface area contributed by atoms with Crippen molar-refractivity contribution in [2.24, 2.45) is 5.92 Å². The summed E-state index contributed by atoms with van der Waals surface area (Å²) in [7, 11) is 0. The second-order valence-electron chi connectivity index (χ2n) is 8.31. The topological polar surface area (TPSA) is 78.9 Å². The summed E-state index contributed by atoms with van der Waals surface area (Å²) in [5.41, 5.74) is 1.89. The lowest BCUT2D eigenvalue weighted by molar-refractivity contribution is -0.140. The van der Waals surface area contributed by atoms with Crippen LogP contribution in [0.2, 0.25) is 0 Å². The van der Waals surface area contributed by atoms with Crippen molar-refractivity contribution in [1.82, 2.24) is 19.8 Å². The number of hydrogen-bond donors (Lipinski definition) is 0. The van der Waals surface area contributed by atoms with Gasteiger partial charge in [0.1, 0.15) is 17.9 Å². The molecule has 2 amide bonds. The van der Waals surface area contributed by atoms with Gasteiger partial charge in [0.2, 0.25) is 11.8 Å². The molecule has 1 aromatic heterocycles. The molecular weight excluding hydrogens is 406 g/mol. The van der Waals surface area contributed by atoms with E-state index in [0.29, 0.717) is 32.8 Å². The fraction of sp³-hybridized carbons (Fsp3) is 0.500. The highest BCUT2D eigenvalue weighted by atomic mass is 16.5. The van der Waals surface area contributed by atoms with Crippen LogP contribution in [0.15, 0.2) is 36.7 Å². The Balaban J connectivity index is 1.34. The molecule has 4 rings (SSSR count). The first kappa shape index (κ1) is 22.0. The summed E-state index contributed by atoms with van der Waals surface area (Å²) >= 11 is 0. The first-order valence-electron chi connectivity index (χ1n) is 11.4. The molecule has 170 valence electrons. The maximum atomic E-state index is 13.0. The molecule has 8 nitrogen and oxygen atoms in total. The van der Waals surface area contributed by atoms with E-state index in [0.717, 1.165) is 48.8 Å². The smallest absolute Gasteiger partial charge is 0.225 e. The number of aromatic nitrogens is 2. The van der Waals surface area contributed by atoms with E-state index in [1.807, 2.05) is 47.1 Å². The molecule has 1 aromatic carbocycles. The number of hydrogen-bond acceptors (Lipinski definition) is 6. The van der Waals surface area contributed by atoms with E-state index in [4.69, 9.17) is 4.74 Å². The Kier molecular flexibility index (Phi) is 6.87. The van der Waals surface area contributed by atoms with Crippen molar-refractivity contribution in [3.05, 3.63) is 36.7 Å². The lowest BCUT2D eigenvalue weighted by atomic mass is 9.95. The van der Waals surface area contributed by atoms with Crippen LogP contribution in [-0.2, 0) is 9.59 Å². The molecule has 3 heterocycles. The largest absolute Gasteiger partial charge is 0.494 e. The summed E-state index contributed by atoms with van der Waals surface area (Å²) in [4.78, 5) is 39.4. The molecule has 32 heavy (non-hydrogen) atoms. The maximum absolute atomic E-state index is 13.0. The van der Waals surface area contributed by atoms with Crippen molar-refractivity contribution in [1.29, 1.82) is 0 Å². The number of piperidine rings is 1. The lowest BCUT2D eigenvalue weighted by Crippen LogP contribution is -2.52. The van der Waals surface area contributed by atoms with Gasteiger partial charge in [-0.2, -0.15) is 0 Å². The Labute approximate surface area is 189 Å². The molecule has 2 fully saturated rings. The molecular formula is C24H31N5O3. The van der Waals surface area contributed by atoms with Crippen LogP contribution in [0.1, 0.15) is 26.7 Å². The number of piperazine rings is 1. The molecule has 0 N–H and O–H groups in total. The molecule has 2 aliphatic heterocycles. The summed E-state index contributed by atoms with van der Waals surface area (Å²) in [5, 5.41) is 0. The number of carbonyl (C=O) groups is 2. The molecule has 2 aliphatic rings. The number of amides is 2. The van der Waals surface area contributed by atoms with Gasteiger partial charge in [0.05, 0.1) is 12.3 Å². The minimum absolute atomic E-state index is 0.0301. The molecule has 0 radical (unpaired) electrons. The minimum atomic E-state index is 0.0301. The Morgan fingerprint density at radius 1 is 0.969 bits per heavy atom. The fourth-order valence-corrected chi connectivity index (χ4v) is 4.42. The van der Waals surface area contributed by atoms with Crippen LogP contribution in [0, 0.1) is 5.92 Å². The number of carbonyl (C=O) groups excluding carboxylic acids is 2. The van der Waals surface area contributed by atoms with Crippen molar-refractivity contribution >= 4 is 17.6 Å². The average molecular weight is 438 g/mol. The highest BCUT2D eigenvalue weighted by Gasteiger charge is 2.31. The summed E-state index contributed by atoms with van der Waals surface area (Å²) in [5.74, 6) is 2.08. The zero-order chi connectivity index (χ0) is 22.5. The molecule has 0 unspecified atom stereocenters. The fourth-order valence-electron chi connectivity index (χ4n) is 4.42. The second-order valence-corrected chi connectivity index (χ2v) is 8.31. The van der Waals surface area contributed by atoms with Gasteiger partial charge in [-0.25, -0.2) is 9.97 Å². The molecule has 2 saturated heterocycles. The summed E-state index contributed by atoms with van der Waals surface area (Å²) in [6.07, 6.45) is 3.12. The predicted molar refractivity (Wildman–Crippen MR) is 122 cm³/mol. The normalized spacial score (nSPS) is 17.4. The van der Waals surface area contributed by atoms with E-state index in [1.165, 1.54) is 0 Å². The number of likely N-dealkylation sites (tertiary alicyclic amines) is 1. The zero-order valence-corrected chi connectivity index (χ0v) is 18.9. The van der Waals surface area contributed by atoms with E-state index in [-0.39, 0.29) is 17.7 Å². The quantitative estimate of drug-likeness (QED) is 0.715. The first-order valence-corrected chi connectivity index (χ1v) is 11.4. The molecule has 0 atom stereocenters. The van der Waals surface area contributed by atoms with E-state index >= 15 is 0 Å². The van der Waals surface area contributed by atoms with Crippen LogP contribution in [0.3, 0.4) is 0 Å². The van der Waals surface area contributed by atoms with Crippen molar-refractivity contribution in [3.8, 4) is 17.0 Å². The third-order valence-electron chi connectivity index (χ3n) is 6.32. The van der Waals surface area contributed by atoms with Gasteiger partial charge < -0.3 is 19.4 Å². The average Bonchev–Trinajstić information content (AvgIpc) is 2.84. The SMILES string of the molecule is CCOc1ccc(-c2cc(N3CCN(C(=O)C4CCN(C(C)=O)CC4)CC3)ncn2)cc1. The standard InChI is InChI=1S/C24H31N5O3/c1-3-32-21-6-4-19(5-7-21)22-16-23(26-17-25-22)28-12-14-29(15-13-28)24(31)20-8-10-27(11-9-20)18(2)30/h4-7,16-17,20H,3,8-15H2,1-2H3. The Bertz CT molecular complexity index is 933. The third kappa shape index (κ3) is 5.00. The van der Waals surface area contributed by atoms with Crippen LogP contribution in [0.5, 0.6) is 5.75 Å². The van der Waals surface area contributed by atoms with Crippen molar-refractivity contribution in [2.45, 2.75) is 26.7 Å². The second kappa shape index (κ2) is 9.97. The van der Waals surface area contributed by atoms with Crippen LogP contribution < -0.4 is 9.64 Å². The molecule has 0 spiro atoms. The number of benzene rings is 1. The summed E-state index contributed by atoms with van der Waals surface area (Å²) in [6.45, 7) is 8.44. The number of rotatable bonds is 5. The van der Waals surface area contributed by atoms with E-state index in [9.17, 15) is 9.59 Å². The monoisotopic (exact) mass is 437 g/mol. The van der Waals surface area contributed by atoms with Gasteiger partial charge in [-0.1, -0.05) is 0 Å². The number of nitrogens with zero attached hydrogens (tertiary/aromatic N) is 5. The van der Waals surface area contributed by atoms with Crippen LogP contribution >= 0.6 is 0 Å². The Morgan fingerprint density at radius 3 is 2.28 bits per heavy atom. The van der Waals surface area contributed by atoms with Crippen molar-refractivity contribution in [2.75, 3.05) is 50.8 Å². The summed E-state index contributed by atoms with van der Waals surface area (Å²) < 4.78 is 5.51. The predicted octanol–water partition coefficient (Wildman–Crippen LogP) is 2.45. The molecule has 0 bridgehead atoms. The van der Waals surface area contributed by atoms with Gasteiger partial charge in [0.25, 0.3) is 0 Å². The molecule has 0 saturated carbocycles. The Hall–Kier alpha value is -3.16.